The van der Waals surface area contributed by atoms with Crippen molar-refractivity contribution in [3.63, 3.8) is 0 Å². The molecule has 1 amide bonds. The van der Waals surface area contributed by atoms with Gasteiger partial charge >= 0.3 is 0 Å². The maximum Gasteiger partial charge on any atom is 0.226 e. The lowest BCUT2D eigenvalue weighted by molar-refractivity contribution is -0.135. The molecule has 0 N–H and O–H groups in total. The Hall–Kier alpha value is -2.47. The first-order chi connectivity index (χ1) is 13.0. The van der Waals surface area contributed by atoms with E-state index in [0.717, 1.165) is 26.1 Å². The van der Waals surface area contributed by atoms with E-state index in [1.54, 1.807) is 43.5 Å². The zero-order valence-corrected chi connectivity index (χ0v) is 15.8. The Kier molecular flexibility index (Phi) is 6.40. The highest BCUT2D eigenvalue weighted by atomic mass is 19.1. The van der Waals surface area contributed by atoms with Crippen LogP contribution in [0.25, 0.3) is 0 Å². The number of amides is 1. The van der Waals surface area contributed by atoms with E-state index < -0.39 is 0 Å². The minimum Gasteiger partial charge on any atom is -0.493 e. The van der Waals surface area contributed by atoms with Gasteiger partial charge in [0.15, 0.2) is 0 Å². The topological polar surface area (TPSA) is 45.7 Å². The number of rotatable bonds is 6. The predicted molar refractivity (Wildman–Crippen MR) is 102 cm³/mol. The van der Waals surface area contributed by atoms with Gasteiger partial charge in [-0.2, -0.15) is 0 Å². The van der Waals surface area contributed by atoms with Crippen molar-refractivity contribution in [2.75, 3.05) is 33.8 Å². The second-order valence-corrected chi connectivity index (χ2v) is 7.35. The molecule has 144 valence electrons. The fraction of sp³-hybridized carbons (Fsp3) is 0.429. The second-order valence-electron chi connectivity index (χ2n) is 7.35. The molecule has 0 saturated carbocycles. The molecular formula is C21H26FN3O2. The van der Waals surface area contributed by atoms with Crippen molar-refractivity contribution in [1.29, 1.82) is 0 Å². The third-order valence-electron chi connectivity index (χ3n) is 4.84. The van der Waals surface area contributed by atoms with Gasteiger partial charge in [0.2, 0.25) is 5.91 Å². The average Bonchev–Trinajstić information content (AvgIpc) is 2.66. The fourth-order valence-corrected chi connectivity index (χ4v) is 3.61. The quantitative estimate of drug-likeness (QED) is 0.783. The van der Waals surface area contributed by atoms with Crippen molar-refractivity contribution in [1.82, 2.24) is 14.8 Å². The Morgan fingerprint density at radius 2 is 2.04 bits per heavy atom. The number of likely N-dealkylation sites (tertiary alicyclic amines) is 1. The summed E-state index contributed by atoms with van der Waals surface area (Å²) in [6.07, 6.45) is 4.34. The molecule has 5 nitrogen and oxygen atoms in total. The first kappa shape index (κ1) is 19.3. The van der Waals surface area contributed by atoms with Gasteiger partial charge in [0, 0.05) is 58.1 Å². The molecule has 0 spiro atoms. The molecular weight excluding hydrogens is 345 g/mol. The highest BCUT2D eigenvalue weighted by molar-refractivity contribution is 5.78. The molecule has 1 fully saturated rings. The van der Waals surface area contributed by atoms with Gasteiger partial charge in [-0.3, -0.25) is 14.7 Å². The van der Waals surface area contributed by atoms with Crippen LogP contribution in [0.4, 0.5) is 4.39 Å². The Balaban J connectivity index is 1.67. The van der Waals surface area contributed by atoms with E-state index in [1.807, 2.05) is 12.1 Å². The van der Waals surface area contributed by atoms with Crippen LogP contribution in [0.3, 0.4) is 0 Å². The van der Waals surface area contributed by atoms with Crippen LogP contribution >= 0.6 is 0 Å². The number of carbonyl (C=O) groups is 1. The number of hydrogen-bond acceptors (Lipinski definition) is 4. The fourth-order valence-electron chi connectivity index (χ4n) is 3.61. The highest BCUT2D eigenvalue weighted by Crippen LogP contribution is 2.26. The minimum atomic E-state index is -0.309. The molecule has 6 heteroatoms. The molecule has 1 aromatic heterocycles. The van der Waals surface area contributed by atoms with Gasteiger partial charge in [-0.25, -0.2) is 4.39 Å². The third-order valence-corrected chi connectivity index (χ3v) is 4.84. The van der Waals surface area contributed by atoms with Crippen LogP contribution in [0, 0.1) is 17.7 Å². The number of benzene rings is 1. The third kappa shape index (κ3) is 5.50. The van der Waals surface area contributed by atoms with E-state index in [9.17, 15) is 9.18 Å². The van der Waals surface area contributed by atoms with E-state index >= 15 is 0 Å². The maximum absolute atomic E-state index is 13.4. The van der Waals surface area contributed by atoms with E-state index in [-0.39, 0.29) is 23.6 Å². The lowest BCUT2D eigenvalue weighted by Gasteiger charge is -2.38. The summed E-state index contributed by atoms with van der Waals surface area (Å²) in [5.74, 6) is 0.507. The van der Waals surface area contributed by atoms with Gasteiger partial charge < -0.3 is 9.64 Å². The molecule has 1 aromatic carbocycles. The molecule has 3 rings (SSSR count). The van der Waals surface area contributed by atoms with Gasteiger partial charge in [-0.05, 0) is 36.2 Å². The average molecular weight is 371 g/mol. The van der Waals surface area contributed by atoms with Crippen molar-refractivity contribution in [3.05, 3.63) is 60.2 Å². The monoisotopic (exact) mass is 371 g/mol. The number of piperidine rings is 1. The number of ether oxygens (including phenoxy) is 1. The molecule has 1 aliphatic heterocycles. The Bertz CT molecular complexity index is 754. The predicted octanol–water partition coefficient (Wildman–Crippen LogP) is 2.83. The molecule has 0 unspecified atom stereocenters. The first-order valence-corrected chi connectivity index (χ1v) is 9.22. The van der Waals surface area contributed by atoms with Crippen LogP contribution in [0.1, 0.15) is 12.0 Å². The summed E-state index contributed by atoms with van der Waals surface area (Å²) in [4.78, 5) is 20.6. The van der Waals surface area contributed by atoms with E-state index in [4.69, 9.17) is 4.74 Å². The summed E-state index contributed by atoms with van der Waals surface area (Å²) in [6.45, 7) is 2.81. The Morgan fingerprint density at radius 1 is 1.26 bits per heavy atom. The maximum atomic E-state index is 13.4. The van der Waals surface area contributed by atoms with Gasteiger partial charge in [-0.1, -0.05) is 6.07 Å². The van der Waals surface area contributed by atoms with Crippen LogP contribution < -0.4 is 4.74 Å². The van der Waals surface area contributed by atoms with Crippen molar-refractivity contribution in [3.8, 4) is 5.75 Å². The molecule has 0 radical (unpaired) electrons. The second kappa shape index (κ2) is 8.95. The number of pyridine rings is 1. The summed E-state index contributed by atoms with van der Waals surface area (Å²) in [5, 5.41) is 0. The normalized spacial score (nSPS) is 20.3. The summed E-state index contributed by atoms with van der Waals surface area (Å²) >= 11 is 0. The molecule has 2 heterocycles. The zero-order chi connectivity index (χ0) is 19.2. The first-order valence-electron chi connectivity index (χ1n) is 9.22. The largest absolute Gasteiger partial charge is 0.493 e. The lowest BCUT2D eigenvalue weighted by Crippen LogP contribution is -2.47. The molecule has 1 aliphatic rings. The minimum absolute atomic E-state index is 0.0586. The number of halogens is 1. The molecule has 0 bridgehead atoms. The summed E-state index contributed by atoms with van der Waals surface area (Å²) in [7, 11) is 3.59. The van der Waals surface area contributed by atoms with E-state index in [2.05, 4.69) is 9.88 Å². The highest BCUT2D eigenvalue weighted by Gasteiger charge is 2.32. The molecule has 27 heavy (non-hydrogen) atoms. The molecule has 2 aromatic rings. The van der Waals surface area contributed by atoms with Crippen molar-refractivity contribution in [2.24, 2.45) is 11.8 Å². The van der Waals surface area contributed by atoms with Crippen molar-refractivity contribution >= 4 is 5.91 Å². The van der Waals surface area contributed by atoms with Crippen LogP contribution in [0.2, 0.25) is 0 Å². The van der Waals surface area contributed by atoms with E-state index in [0.29, 0.717) is 12.4 Å². The summed E-state index contributed by atoms with van der Waals surface area (Å²) < 4.78 is 19.2. The van der Waals surface area contributed by atoms with Crippen LogP contribution in [0.15, 0.2) is 48.8 Å². The van der Waals surface area contributed by atoms with Crippen LogP contribution in [-0.4, -0.2) is 54.5 Å². The van der Waals surface area contributed by atoms with Gasteiger partial charge in [0.1, 0.15) is 11.6 Å². The molecule has 1 saturated heterocycles. The molecule has 0 aliphatic carbocycles. The van der Waals surface area contributed by atoms with Gasteiger partial charge in [0.25, 0.3) is 0 Å². The van der Waals surface area contributed by atoms with Crippen LogP contribution in [-0.2, 0) is 11.3 Å². The van der Waals surface area contributed by atoms with Crippen molar-refractivity contribution in [2.45, 2.75) is 13.0 Å². The molecule has 2 atom stereocenters. The van der Waals surface area contributed by atoms with Crippen LogP contribution in [0.5, 0.6) is 5.75 Å². The summed E-state index contributed by atoms with van der Waals surface area (Å²) in [6, 6.07) is 10.2. The smallest absolute Gasteiger partial charge is 0.226 e. The zero-order valence-electron chi connectivity index (χ0n) is 15.8. The SMILES string of the molecule is CN(C)C(=O)[C@@H]1C[C@H](COc2cccc(F)c2)CN(Cc2ccncc2)C1. The number of carbonyl (C=O) groups excluding carboxylic acids is 1. The number of nitrogens with zero attached hydrogens (tertiary/aromatic N) is 3. The lowest BCUT2D eigenvalue weighted by atomic mass is 9.88. The van der Waals surface area contributed by atoms with Gasteiger partial charge in [0.05, 0.1) is 12.5 Å². The van der Waals surface area contributed by atoms with Crippen molar-refractivity contribution < 1.29 is 13.9 Å². The number of hydrogen-bond donors (Lipinski definition) is 0. The number of aromatic nitrogens is 1. The summed E-state index contributed by atoms with van der Waals surface area (Å²) in [5.41, 5.74) is 1.17. The Morgan fingerprint density at radius 3 is 2.74 bits per heavy atom. The Labute approximate surface area is 159 Å². The van der Waals surface area contributed by atoms with E-state index in [1.165, 1.54) is 17.7 Å². The standard InChI is InChI=1S/C21H26FN3O2/c1-24(2)21(26)18-10-17(15-27-20-5-3-4-19(22)11-20)13-25(14-18)12-16-6-8-23-9-7-16/h3-9,11,17-18H,10,12-15H2,1-2H3/t17-,18+/m0/s1. The van der Waals surface area contributed by atoms with Gasteiger partial charge in [-0.15, -0.1) is 0 Å².